The molecule has 1 amide bonds. The smallest absolute Gasteiger partial charge is 0.258 e. The quantitative estimate of drug-likeness (QED) is 0.503. The van der Waals surface area contributed by atoms with E-state index in [1.54, 1.807) is 25.4 Å². The monoisotopic (exact) mass is 474 g/mol. The van der Waals surface area contributed by atoms with Crippen LogP contribution in [0.1, 0.15) is 31.0 Å². The van der Waals surface area contributed by atoms with Gasteiger partial charge in [-0.2, -0.15) is 0 Å². The summed E-state index contributed by atoms with van der Waals surface area (Å²) in [7, 11) is 1.54. The predicted molar refractivity (Wildman–Crippen MR) is 113 cm³/mol. The van der Waals surface area contributed by atoms with Gasteiger partial charge in [-0.1, -0.05) is 11.6 Å². The van der Waals surface area contributed by atoms with Crippen molar-refractivity contribution >= 4 is 17.5 Å². The van der Waals surface area contributed by atoms with Crippen LogP contribution in [0.4, 0.5) is 4.39 Å². The first-order valence-electron chi connectivity index (χ1n) is 10.2. The largest absolute Gasteiger partial charge is 0.484 e. The lowest BCUT2D eigenvalue weighted by Crippen LogP contribution is -2.77. The maximum Gasteiger partial charge on any atom is 0.258 e. The van der Waals surface area contributed by atoms with E-state index < -0.39 is 5.82 Å². The van der Waals surface area contributed by atoms with E-state index in [2.05, 4.69) is 20.5 Å². The summed E-state index contributed by atoms with van der Waals surface area (Å²) in [5.41, 5.74) is -0.494. The molecule has 0 atom stereocenters. The molecule has 3 saturated carbocycles. The topological polar surface area (TPSA) is 109 Å². The van der Waals surface area contributed by atoms with Crippen molar-refractivity contribution in [2.45, 2.75) is 36.8 Å². The number of benzene rings is 1. The van der Waals surface area contributed by atoms with E-state index in [1.165, 1.54) is 12.1 Å². The zero-order valence-corrected chi connectivity index (χ0v) is 18.4. The average molecular weight is 475 g/mol. The summed E-state index contributed by atoms with van der Waals surface area (Å²) < 4.78 is 35.2. The molecule has 6 rings (SSSR count). The third-order valence-corrected chi connectivity index (χ3v) is 6.20. The first kappa shape index (κ1) is 21.4. The highest BCUT2D eigenvalue weighted by molar-refractivity contribution is 6.30. The zero-order chi connectivity index (χ0) is 23.1. The lowest BCUT2D eigenvalue weighted by Gasteiger charge is -2.68. The van der Waals surface area contributed by atoms with Crippen LogP contribution in [0.25, 0.3) is 0 Å². The standard InChI is InChI=1S/C22H20ClFN4O5/c1-30-18-5-3-14(7-25-18)32-9-19-27-28-20(33-19)21-10-22(11-21,12-21)26-17(29)8-31-13-2-4-15(23)16(24)6-13/h2-7H,8-12H2,1H3,(H,26,29). The number of carbonyl (C=O) groups is 1. The van der Waals surface area contributed by atoms with Crippen molar-refractivity contribution < 1.29 is 27.8 Å². The molecule has 0 radical (unpaired) electrons. The normalized spacial score (nSPS) is 22.6. The summed E-state index contributed by atoms with van der Waals surface area (Å²) >= 11 is 5.64. The molecule has 1 aromatic carbocycles. The molecule has 0 spiro atoms. The molecule has 0 saturated heterocycles. The molecule has 9 nitrogen and oxygen atoms in total. The molecule has 11 heteroatoms. The van der Waals surface area contributed by atoms with Gasteiger partial charge in [0.05, 0.1) is 23.7 Å². The van der Waals surface area contributed by atoms with E-state index in [0.29, 0.717) is 42.7 Å². The maximum atomic E-state index is 13.5. The van der Waals surface area contributed by atoms with Gasteiger partial charge in [0.25, 0.3) is 11.8 Å². The second-order valence-electron chi connectivity index (χ2n) is 8.33. The maximum absolute atomic E-state index is 13.5. The van der Waals surface area contributed by atoms with Crippen molar-refractivity contribution in [1.82, 2.24) is 20.5 Å². The lowest BCUT2D eigenvalue weighted by molar-refractivity contribution is -0.143. The highest BCUT2D eigenvalue weighted by Gasteiger charge is 2.71. The van der Waals surface area contributed by atoms with E-state index in [9.17, 15) is 9.18 Å². The van der Waals surface area contributed by atoms with Crippen LogP contribution in [0, 0.1) is 5.82 Å². The van der Waals surface area contributed by atoms with E-state index in [4.69, 9.17) is 30.2 Å². The Morgan fingerprint density at radius 1 is 1.18 bits per heavy atom. The third kappa shape index (κ3) is 4.18. The fraction of sp³-hybridized carbons (Fsp3) is 0.364. The number of methoxy groups -OCH3 is 1. The van der Waals surface area contributed by atoms with Crippen LogP contribution in [0.3, 0.4) is 0 Å². The molecule has 2 heterocycles. The van der Waals surface area contributed by atoms with E-state index in [0.717, 1.165) is 6.07 Å². The van der Waals surface area contributed by atoms with Gasteiger partial charge in [-0.3, -0.25) is 4.79 Å². The Balaban J connectivity index is 1.09. The number of rotatable bonds is 9. The summed E-state index contributed by atoms with van der Waals surface area (Å²) in [5, 5.41) is 11.2. The SMILES string of the molecule is COc1ccc(OCc2nnc(C34CC(NC(=O)COc5ccc(Cl)c(F)c5)(C3)C4)o2)cn1. The van der Waals surface area contributed by atoms with Gasteiger partial charge in [0.1, 0.15) is 17.3 Å². The molecule has 1 N–H and O–H groups in total. The number of nitrogens with zero attached hydrogens (tertiary/aromatic N) is 3. The first-order chi connectivity index (χ1) is 15.9. The molecule has 3 aliphatic carbocycles. The van der Waals surface area contributed by atoms with Gasteiger partial charge >= 0.3 is 0 Å². The van der Waals surface area contributed by atoms with Crippen molar-refractivity contribution in [2.24, 2.45) is 0 Å². The number of halogens is 2. The van der Waals surface area contributed by atoms with Crippen molar-refractivity contribution in [3.05, 3.63) is 59.1 Å². The third-order valence-electron chi connectivity index (χ3n) is 5.90. The van der Waals surface area contributed by atoms with Crippen molar-refractivity contribution in [1.29, 1.82) is 0 Å². The molecular formula is C22H20ClFN4O5. The molecule has 3 aliphatic rings. The number of pyridine rings is 1. The van der Waals surface area contributed by atoms with E-state index >= 15 is 0 Å². The van der Waals surface area contributed by atoms with Crippen LogP contribution in [-0.2, 0) is 16.8 Å². The Bertz CT molecular complexity index is 1170. The summed E-state index contributed by atoms with van der Waals surface area (Å²) in [5.74, 6) is 1.36. The molecule has 172 valence electrons. The Labute approximate surface area is 193 Å². The Morgan fingerprint density at radius 2 is 1.97 bits per heavy atom. The number of carbonyl (C=O) groups excluding carboxylic acids is 1. The van der Waals surface area contributed by atoms with Gasteiger partial charge in [0.15, 0.2) is 13.2 Å². The molecule has 33 heavy (non-hydrogen) atoms. The lowest BCUT2D eigenvalue weighted by atomic mass is 9.39. The minimum Gasteiger partial charge on any atom is -0.484 e. The van der Waals surface area contributed by atoms with Crippen molar-refractivity contribution in [2.75, 3.05) is 13.7 Å². The average Bonchev–Trinajstić information content (AvgIpc) is 3.23. The number of amides is 1. The molecule has 2 bridgehead atoms. The minimum atomic E-state index is -0.596. The molecule has 3 aromatic rings. The van der Waals surface area contributed by atoms with Crippen molar-refractivity contribution in [3.63, 3.8) is 0 Å². The van der Waals surface area contributed by atoms with Crippen LogP contribution >= 0.6 is 11.6 Å². The molecular weight excluding hydrogens is 455 g/mol. The fourth-order valence-corrected chi connectivity index (χ4v) is 4.56. The second kappa shape index (κ2) is 8.18. The van der Waals surface area contributed by atoms with Gasteiger partial charge in [-0.05, 0) is 37.5 Å². The van der Waals surface area contributed by atoms with Crippen LogP contribution in [0.15, 0.2) is 40.9 Å². The van der Waals surface area contributed by atoms with Gasteiger partial charge in [-0.25, -0.2) is 9.37 Å². The summed E-state index contributed by atoms with van der Waals surface area (Å²) in [6, 6.07) is 7.48. The van der Waals surface area contributed by atoms with Crippen LogP contribution in [-0.4, -0.2) is 40.3 Å². The molecule has 0 unspecified atom stereocenters. The predicted octanol–water partition coefficient (Wildman–Crippen LogP) is 3.21. The summed E-state index contributed by atoms with van der Waals surface area (Å²) in [4.78, 5) is 16.3. The van der Waals surface area contributed by atoms with Gasteiger partial charge in [0, 0.05) is 17.7 Å². The second-order valence-corrected chi connectivity index (χ2v) is 8.74. The fourth-order valence-electron chi connectivity index (χ4n) is 4.44. The van der Waals surface area contributed by atoms with Gasteiger partial charge < -0.3 is 23.9 Å². The van der Waals surface area contributed by atoms with Gasteiger partial charge in [-0.15, -0.1) is 10.2 Å². The Kier molecular flexibility index (Phi) is 5.32. The van der Waals surface area contributed by atoms with E-state index in [1.807, 2.05) is 0 Å². The number of hydrogen-bond donors (Lipinski definition) is 1. The van der Waals surface area contributed by atoms with Crippen molar-refractivity contribution in [3.8, 4) is 17.4 Å². The summed E-state index contributed by atoms with van der Waals surface area (Å²) in [6.45, 7) is -0.0836. The minimum absolute atomic E-state index is 0.000507. The van der Waals surface area contributed by atoms with Gasteiger partial charge in [0.2, 0.25) is 11.8 Å². The Hall–Kier alpha value is -3.40. The van der Waals surface area contributed by atoms with E-state index in [-0.39, 0.29) is 40.8 Å². The number of hydrogen-bond acceptors (Lipinski definition) is 8. The highest BCUT2D eigenvalue weighted by Crippen LogP contribution is 2.67. The number of aromatic nitrogens is 3. The summed E-state index contributed by atoms with van der Waals surface area (Å²) in [6.07, 6.45) is 3.70. The number of nitrogens with one attached hydrogen (secondary N) is 1. The van der Waals surface area contributed by atoms with Crippen LogP contribution in [0.5, 0.6) is 17.4 Å². The molecule has 3 fully saturated rings. The zero-order valence-electron chi connectivity index (χ0n) is 17.6. The first-order valence-corrected chi connectivity index (χ1v) is 10.6. The highest BCUT2D eigenvalue weighted by atomic mass is 35.5. The van der Waals surface area contributed by atoms with Crippen LogP contribution in [0.2, 0.25) is 5.02 Å². The number of ether oxygens (including phenoxy) is 3. The molecule has 2 aromatic heterocycles. The molecule has 0 aliphatic heterocycles. The van der Waals surface area contributed by atoms with Crippen LogP contribution < -0.4 is 19.5 Å². The Morgan fingerprint density at radius 3 is 2.67 bits per heavy atom.